The zero-order valence-electron chi connectivity index (χ0n) is 23.3. The summed E-state index contributed by atoms with van der Waals surface area (Å²) in [5, 5.41) is 0.942. The number of carbonyl (C=O) groups excluding carboxylic acids is 2. The largest absolute Gasteiger partial charge is 0.466 e. The zero-order chi connectivity index (χ0) is 27.4. The predicted molar refractivity (Wildman–Crippen MR) is 156 cm³/mol. The number of nitrogens with zero attached hydrogens (tertiary/aromatic N) is 1. The highest BCUT2D eigenvalue weighted by atomic mass is 16.5. The number of benzene rings is 1. The average molecular weight is 523 g/mol. The Morgan fingerprint density at radius 3 is 2.21 bits per heavy atom. The van der Waals surface area contributed by atoms with Crippen LogP contribution >= 0.6 is 0 Å². The number of esters is 2. The van der Waals surface area contributed by atoms with Gasteiger partial charge in [0, 0.05) is 24.4 Å². The Hall–Kier alpha value is -3.28. The van der Waals surface area contributed by atoms with E-state index < -0.39 is 5.92 Å². The van der Waals surface area contributed by atoms with Crippen molar-refractivity contribution in [3.63, 3.8) is 0 Å². The molecule has 0 bridgehead atoms. The maximum atomic E-state index is 12.5. The lowest BCUT2D eigenvalue weighted by Crippen LogP contribution is -2.15. The molecule has 1 atom stereocenters. The third-order valence-electron chi connectivity index (χ3n) is 6.41. The van der Waals surface area contributed by atoms with Gasteiger partial charge in [0.15, 0.2) is 0 Å². The maximum absolute atomic E-state index is 12.5. The van der Waals surface area contributed by atoms with Crippen LogP contribution in [0.25, 0.3) is 10.9 Å². The van der Waals surface area contributed by atoms with Crippen molar-refractivity contribution in [2.24, 2.45) is 0 Å². The number of para-hydroxylation sites is 1. The highest BCUT2D eigenvalue weighted by molar-refractivity contribution is 5.90. The molecule has 208 valence electrons. The molecule has 2 rings (SSSR count). The molecule has 0 radical (unpaired) electrons. The van der Waals surface area contributed by atoms with Crippen LogP contribution in [0.5, 0.6) is 0 Å². The molecular formula is C32H46N2O4. The van der Waals surface area contributed by atoms with Crippen molar-refractivity contribution in [3.05, 3.63) is 72.5 Å². The number of nitrogens with two attached hydrogens (primary N) is 1. The average Bonchev–Trinajstić information content (AvgIpc) is 3.26. The minimum atomic E-state index is -0.431. The molecular weight excluding hydrogens is 476 g/mol. The van der Waals surface area contributed by atoms with Crippen molar-refractivity contribution >= 4 is 22.8 Å². The van der Waals surface area contributed by atoms with E-state index in [0.29, 0.717) is 12.8 Å². The van der Waals surface area contributed by atoms with E-state index in [-0.39, 0.29) is 25.2 Å². The number of aromatic nitrogens is 1. The van der Waals surface area contributed by atoms with Crippen LogP contribution in [0.2, 0.25) is 0 Å². The Labute approximate surface area is 228 Å². The van der Waals surface area contributed by atoms with E-state index in [9.17, 15) is 9.59 Å². The molecule has 0 saturated carbocycles. The monoisotopic (exact) mass is 522 g/mol. The molecule has 6 heteroatoms. The summed E-state index contributed by atoms with van der Waals surface area (Å²) in [6.07, 6.45) is 25.7. The van der Waals surface area contributed by atoms with Crippen molar-refractivity contribution in [1.29, 1.82) is 0 Å². The third kappa shape index (κ3) is 11.8. The highest BCUT2D eigenvalue weighted by Gasteiger charge is 2.21. The van der Waals surface area contributed by atoms with Crippen LogP contribution in [0.3, 0.4) is 0 Å². The van der Waals surface area contributed by atoms with Gasteiger partial charge in [-0.15, -0.1) is 0 Å². The Bertz CT molecular complexity index is 1050. The molecule has 1 aromatic heterocycles. The van der Waals surface area contributed by atoms with Crippen molar-refractivity contribution in [3.8, 4) is 0 Å². The molecule has 1 heterocycles. The Morgan fingerprint density at radius 1 is 0.868 bits per heavy atom. The Kier molecular flexibility index (Phi) is 15.4. The fraction of sp³-hybridized carbons (Fsp3) is 0.500. The molecule has 0 fully saturated rings. The predicted octanol–water partition coefficient (Wildman–Crippen LogP) is 7.52. The number of hydrogen-bond acceptors (Lipinski definition) is 5. The van der Waals surface area contributed by atoms with Crippen molar-refractivity contribution in [1.82, 2.24) is 4.68 Å². The standard InChI is InChI=1S/C32H46N2O4/c1-3-4-5-6-7-8-9-10-11-12-13-14-15-16-17-23-31(35)37-24-20-25-38-32(36)27(2)29-26-34(33)30-22-19-18-21-28(29)30/h7-8,10-11,13-14,18-19,21-22,26-27H,3-6,9,12,15-17,20,23-25,33H2,1-2H3/b8-7-,11-10-,14-13-. The Morgan fingerprint density at radius 2 is 1.50 bits per heavy atom. The normalized spacial score (nSPS) is 12.7. The van der Waals surface area contributed by atoms with Crippen LogP contribution < -0.4 is 5.84 Å². The van der Waals surface area contributed by atoms with Crippen LogP contribution in [0.4, 0.5) is 0 Å². The third-order valence-corrected chi connectivity index (χ3v) is 6.41. The van der Waals surface area contributed by atoms with Gasteiger partial charge in [0.05, 0.1) is 24.6 Å². The Balaban J connectivity index is 1.46. The van der Waals surface area contributed by atoms with Crippen LogP contribution in [0.1, 0.15) is 96.0 Å². The lowest BCUT2D eigenvalue weighted by molar-refractivity contribution is -0.147. The van der Waals surface area contributed by atoms with Gasteiger partial charge in [0.25, 0.3) is 0 Å². The minimum absolute atomic E-state index is 0.199. The van der Waals surface area contributed by atoms with Gasteiger partial charge in [0.1, 0.15) is 0 Å². The summed E-state index contributed by atoms with van der Waals surface area (Å²) in [5.74, 6) is 5.05. The topological polar surface area (TPSA) is 83.5 Å². The van der Waals surface area contributed by atoms with E-state index >= 15 is 0 Å². The van der Waals surface area contributed by atoms with Gasteiger partial charge in [0.2, 0.25) is 0 Å². The van der Waals surface area contributed by atoms with Gasteiger partial charge in [-0.05, 0) is 63.5 Å². The highest BCUT2D eigenvalue weighted by Crippen LogP contribution is 2.27. The molecule has 6 nitrogen and oxygen atoms in total. The molecule has 38 heavy (non-hydrogen) atoms. The number of rotatable bonds is 19. The SMILES string of the molecule is CCCCC/C=C\C/C=C\C/C=C\CCCCC(=O)OCCCOC(=O)C(C)c1cn(N)c2ccccc12. The van der Waals surface area contributed by atoms with Gasteiger partial charge < -0.3 is 15.3 Å². The summed E-state index contributed by atoms with van der Waals surface area (Å²) in [7, 11) is 0. The van der Waals surface area contributed by atoms with Crippen molar-refractivity contribution in [2.75, 3.05) is 19.1 Å². The second-order valence-corrected chi connectivity index (χ2v) is 9.60. The molecule has 1 unspecified atom stereocenters. The van der Waals surface area contributed by atoms with Crippen LogP contribution in [0, 0.1) is 0 Å². The first-order valence-corrected chi connectivity index (χ1v) is 14.2. The molecule has 2 N–H and O–H groups in total. The smallest absolute Gasteiger partial charge is 0.313 e. The lowest BCUT2D eigenvalue weighted by atomic mass is 10.0. The summed E-state index contributed by atoms with van der Waals surface area (Å²) in [4.78, 5) is 24.4. The van der Waals surface area contributed by atoms with Crippen molar-refractivity contribution < 1.29 is 19.1 Å². The molecule has 2 aromatic rings. The molecule has 0 aliphatic rings. The summed E-state index contributed by atoms with van der Waals surface area (Å²) >= 11 is 0. The summed E-state index contributed by atoms with van der Waals surface area (Å²) in [6.45, 7) is 4.51. The fourth-order valence-electron chi connectivity index (χ4n) is 4.14. The first-order chi connectivity index (χ1) is 18.5. The zero-order valence-corrected chi connectivity index (χ0v) is 23.3. The molecule has 0 aliphatic carbocycles. The van der Waals surface area contributed by atoms with Gasteiger partial charge in [-0.25, -0.2) is 0 Å². The van der Waals surface area contributed by atoms with E-state index in [1.165, 1.54) is 30.4 Å². The lowest BCUT2D eigenvalue weighted by Gasteiger charge is -2.11. The number of carbonyl (C=O) groups is 2. The molecule has 0 aliphatic heterocycles. The van der Waals surface area contributed by atoms with E-state index in [1.807, 2.05) is 31.2 Å². The van der Waals surface area contributed by atoms with Gasteiger partial charge in [-0.3, -0.25) is 14.3 Å². The van der Waals surface area contributed by atoms with Crippen molar-refractivity contribution in [2.45, 2.75) is 90.4 Å². The first-order valence-electron chi connectivity index (χ1n) is 14.2. The number of allylic oxidation sites excluding steroid dienone is 6. The number of ether oxygens (including phenoxy) is 2. The van der Waals surface area contributed by atoms with E-state index in [4.69, 9.17) is 15.3 Å². The number of fused-ring (bicyclic) bond motifs is 1. The number of nitrogen functional groups attached to an aromatic ring is 1. The molecule has 0 spiro atoms. The first kappa shape index (κ1) is 30.9. The fourth-order valence-corrected chi connectivity index (χ4v) is 4.14. The summed E-state index contributed by atoms with van der Waals surface area (Å²) in [6, 6.07) is 7.69. The summed E-state index contributed by atoms with van der Waals surface area (Å²) < 4.78 is 12.2. The van der Waals surface area contributed by atoms with E-state index in [1.54, 1.807) is 6.20 Å². The van der Waals surface area contributed by atoms with Crippen LogP contribution in [-0.4, -0.2) is 29.8 Å². The maximum Gasteiger partial charge on any atom is 0.313 e. The number of hydrogen-bond donors (Lipinski definition) is 1. The minimum Gasteiger partial charge on any atom is -0.466 e. The second-order valence-electron chi connectivity index (χ2n) is 9.60. The van der Waals surface area contributed by atoms with Crippen LogP contribution in [0.15, 0.2) is 66.9 Å². The molecule has 0 amide bonds. The quantitative estimate of drug-likeness (QED) is 0.0892. The molecule has 0 saturated heterocycles. The number of unbranched alkanes of at least 4 members (excludes halogenated alkanes) is 5. The molecule has 1 aromatic carbocycles. The van der Waals surface area contributed by atoms with E-state index in [2.05, 4.69) is 43.4 Å². The van der Waals surface area contributed by atoms with Gasteiger partial charge >= 0.3 is 11.9 Å². The second kappa shape index (κ2) is 18.9. The van der Waals surface area contributed by atoms with E-state index in [0.717, 1.165) is 48.6 Å². The summed E-state index contributed by atoms with van der Waals surface area (Å²) in [5.41, 5.74) is 1.71. The van der Waals surface area contributed by atoms with Gasteiger partial charge in [-0.1, -0.05) is 74.4 Å². The van der Waals surface area contributed by atoms with Crippen LogP contribution in [-0.2, 0) is 19.1 Å². The van der Waals surface area contributed by atoms with Gasteiger partial charge in [-0.2, -0.15) is 0 Å².